The van der Waals surface area contributed by atoms with Crippen molar-refractivity contribution in [1.29, 1.82) is 0 Å². The lowest BCUT2D eigenvalue weighted by atomic mass is 10.1. The predicted octanol–water partition coefficient (Wildman–Crippen LogP) is 3.52. The molecule has 1 aliphatic rings. The Kier molecular flexibility index (Phi) is 3.98. The monoisotopic (exact) mass is 320 g/mol. The van der Waals surface area contributed by atoms with Gasteiger partial charge in [-0.25, -0.2) is 0 Å². The summed E-state index contributed by atoms with van der Waals surface area (Å²) in [6.45, 7) is 0. The molecule has 0 saturated heterocycles. The van der Waals surface area contributed by atoms with Crippen molar-refractivity contribution in [3.05, 3.63) is 65.2 Å². The van der Waals surface area contributed by atoms with E-state index < -0.39 is 6.30 Å². The molecule has 120 valence electrons. The minimum Gasteiger partial charge on any atom is -0.349 e. The first-order chi connectivity index (χ1) is 10.9. The van der Waals surface area contributed by atoms with E-state index in [2.05, 4.69) is 5.32 Å². The van der Waals surface area contributed by atoms with Gasteiger partial charge in [0.05, 0.1) is 0 Å². The Labute approximate surface area is 131 Å². The van der Waals surface area contributed by atoms with Crippen molar-refractivity contribution in [2.75, 3.05) is 5.32 Å². The molecule has 2 aromatic rings. The molecule has 0 unspecified atom stereocenters. The predicted molar refractivity (Wildman–Crippen MR) is 81.2 cm³/mol. The van der Waals surface area contributed by atoms with Crippen LogP contribution >= 0.6 is 0 Å². The van der Waals surface area contributed by atoms with Gasteiger partial charge in [-0.1, -0.05) is 24.3 Å². The maximum Gasteiger partial charge on any atom is 0.482 e. The van der Waals surface area contributed by atoms with Gasteiger partial charge in [-0.05, 0) is 48.2 Å². The Hall–Kier alpha value is -2.50. The Balaban J connectivity index is 1.61. The van der Waals surface area contributed by atoms with Gasteiger partial charge in [-0.3, -0.25) is 10.1 Å². The molecule has 6 heteroatoms. The lowest BCUT2D eigenvalue weighted by molar-refractivity contribution is -0.0999. The number of carbonyl (C=O) groups is 1. The molecule has 2 aromatic carbocycles. The number of carbonyl (C=O) groups excluding carboxylic acids is 1. The molecule has 0 radical (unpaired) electrons. The summed E-state index contributed by atoms with van der Waals surface area (Å²) < 4.78 is 36.6. The lowest BCUT2D eigenvalue weighted by Gasteiger charge is -2.13. The number of hydrogen-bond donors (Lipinski definition) is 2. The quantitative estimate of drug-likeness (QED) is 0.850. The van der Waals surface area contributed by atoms with Gasteiger partial charge >= 0.3 is 6.30 Å². The molecule has 0 saturated carbocycles. The van der Waals surface area contributed by atoms with E-state index in [1.54, 1.807) is 0 Å². The molecule has 0 spiro atoms. The fourth-order valence-corrected chi connectivity index (χ4v) is 2.80. The number of benzene rings is 2. The first-order valence-electron chi connectivity index (χ1n) is 7.23. The molecule has 1 amide bonds. The molecular formula is C17H15F3N2O. The largest absolute Gasteiger partial charge is 0.482 e. The minimum atomic E-state index is -4.49. The number of amides is 1. The van der Waals surface area contributed by atoms with E-state index in [1.165, 1.54) is 40.7 Å². The highest BCUT2D eigenvalue weighted by Crippen LogP contribution is 2.23. The van der Waals surface area contributed by atoms with Crippen LogP contribution in [0.4, 0.5) is 18.9 Å². The van der Waals surface area contributed by atoms with Crippen LogP contribution in [0, 0.1) is 0 Å². The summed E-state index contributed by atoms with van der Waals surface area (Å²) in [5.74, 6) is -0.277. The molecule has 0 aromatic heterocycles. The highest BCUT2D eigenvalue weighted by Gasteiger charge is 2.27. The highest BCUT2D eigenvalue weighted by molar-refractivity contribution is 5.94. The van der Waals surface area contributed by atoms with Crippen LogP contribution in [0.2, 0.25) is 0 Å². The molecule has 0 aliphatic heterocycles. The summed E-state index contributed by atoms with van der Waals surface area (Å²) in [6, 6.07) is 13.3. The van der Waals surface area contributed by atoms with Crippen molar-refractivity contribution in [3.8, 4) is 0 Å². The minimum absolute atomic E-state index is 0.0212. The first kappa shape index (κ1) is 15.4. The second kappa shape index (κ2) is 5.95. The number of anilines is 1. The van der Waals surface area contributed by atoms with Gasteiger partial charge in [0.2, 0.25) is 0 Å². The molecule has 0 atom stereocenters. The van der Waals surface area contributed by atoms with Crippen molar-refractivity contribution in [1.82, 2.24) is 5.32 Å². The zero-order valence-electron chi connectivity index (χ0n) is 12.2. The molecule has 3 rings (SSSR count). The van der Waals surface area contributed by atoms with E-state index in [0.29, 0.717) is 5.56 Å². The third-order valence-electron chi connectivity index (χ3n) is 3.82. The van der Waals surface area contributed by atoms with Gasteiger partial charge < -0.3 is 5.32 Å². The Morgan fingerprint density at radius 2 is 1.52 bits per heavy atom. The van der Waals surface area contributed by atoms with E-state index in [4.69, 9.17) is 0 Å². The molecule has 0 bridgehead atoms. The van der Waals surface area contributed by atoms with E-state index in [0.717, 1.165) is 12.8 Å². The number of fused-ring (bicyclic) bond motifs is 1. The number of hydrogen-bond acceptors (Lipinski definition) is 2. The summed E-state index contributed by atoms with van der Waals surface area (Å²) in [6.07, 6.45) is -2.94. The van der Waals surface area contributed by atoms with E-state index in [9.17, 15) is 18.0 Å². The van der Waals surface area contributed by atoms with Crippen molar-refractivity contribution in [2.45, 2.75) is 25.2 Å². The molecule has 1 aliphatic carbocycles. The SMILES string of the molecule is O=C(NC1Cc2ccccc2C1)c1ccc(NC(F)(F)F)cc1. The van der Waals surface area contributed by atoms with E-state index in [-0.39, 0.29) is 17.6 Å². The number of rotatable bonds is 3. The maximum absolute atomic E-state index is 12.2. The Morgan fingerprint density at radius 3 is 2.04 bits per heavy atom. The summed E-state index contributed by atoms with van der Waals surface area (Å²) in [5, 5.41) is 4.33. The van der Waals surface area contributed by atoms with Crippen LogP contribution in [-0.2, 0) is 12.8 Å². The van der Waals surface area contributed by atoms with Crippen LogP contribution in [0.25, 0.3) is 0 Å². The van der Waals surface area contributed by atoms with Crippen LogP contribution in [0.15, 0.2) is 48.5 Å². The average Bonchev–Trinajstić information content (AvgIpc) is 2.88. The van der Waals surface area contributed by atoms with Gasteiger partial charge in [0, 0.05) is 17.3 Å². The average molecular weight is 320 g/mol. The zero-order valence-corrected chi connectivity index (χ0v) is 12.2. The molecule has 0 heterocycles. The van der Waals surface area contributed by atoms with Crippen molar-refractivity contribution < 1.29 is 18.0 Å². The van der Waals surface area contributed by atoms with Crippen LogP contribution in [0.3, 0.4) is 0 Å². The van der Waals surface area contributed by atoms with Crippen LogP contribution in [0.1, 0.15) is 21.5 Å². The summed E-state index contributed by atoms with van der Waals surface area (Å²) in [5.41, 5.74) is 2.70. The molecule has 23 heavy (non-hydrogen) atoms. The fraction of sp³-hybridized carbons (Fsp3) is 0.235. The molecule has 0 fully saturated rings. The van der Waals surface area contributed by atoms with Gasteiger partial charge in [0.1, 0.15) is 0 Å². The summed E-state index contributed by atoms with van der Waals surface area (Å²) in [7, 11) is 0. The summed E-state index contributed by atoms with van der Waals surface area (Å²) >= 11 is 0. The molecule has 3 nitrogen and oxygen atoms in total. The second-order valence-electron chi connectivity index (χ2n) is 5.55. The van der Waals surface area contributed by atoms with Crippen LogP contribution in [0.5, 0.6) is 0 Å². The number of halogens is 3. The zero-order chi connectivity index (χ0) is 16.4. The molecular weight excluding hydrogens is 305 g/mol. The third kappa shape index (κ3) is 3.83. The topological polar surface area (TPSA) is 41.1 Å². The van der Waals surface area contributed by atoms with Crippen LogP contribution < -0.4 is 10.6 Å². The van der Waals surface area contributed by atoms with Gasteiger partial charge in [0.25, 0.3) is 5.91 Å². The number of alkyl halides is 3. The molecule has 2 N–H and O–H groups in total. The van der Waals surface area contributed by atoms with Crippen molar-refractivity contribution >= 4 is 11.6 Å². The van der Waals surface area contributed by atoms with Gasteiger partial charge in [-0.2, -0.15) is 13.2 Å². The van der Waals surface area contributed by atoms with Gasteiger partial charge in [-0.15, -0.1) is 0 Å². The number of nitrogens with one attached hydrogen (secondary N) is 2. The second-order valence-corrected chi connectivity index (χ2v) is 5.55. The third-order valence-corrected chi connectivity index (χ3v) is 3.82. The normalized spacial score (nSPS) is 14.4. The fourth-order valence-electron chi connectivity index (χ4n) is 2.80. The highest BCUT2D eigenvalue weighted by atomic mass is 19.4. The lowest BCUT2D eigenvalue weighted by Crippen LogP contribution is -2.35. The Bertz CT molecular complexity index is 686. The van der Waals surface area contributed by atoms with E-state index >= 15 is 0 Å². The maximum atomic E-state index is 12.2. The van der Waals surface area contributed by atoms with Crippen LogP contribution in [-0.4, -0.2) is 18.2 Å². The van der Waals surface area contributed by atoms with Crippen molar-refractivity contribution in [3.63, 3.8) is 0 Å². The first-order valence-corrected chi connectivity index (χ1v) is 7.23. The van der Waals surface area contributed by atoms with Crippen molar-refractivity contribution in [2.24, 2.45) is 0 Å². The standard InChI is InChI=1S/C17H15F3N2O/c18-17(19,20)22-14-7-5-11(6-8-14)16(23)21-15-9-12-3-1-2-4-13(12)10-15/h1-8,15,22H,9-10H2,(H,21,23). The van der Waals surface area contributed by atoms with E-state index in [1.807, 2.05) is 24.3 Å². The summed E-state index contributed by atoms with van der Waals surface area (Å²) in [4.78, 5) is 12.2. The smallest absolute Gasteiger partial charge is 0.349 e. The van der Waals surface area contributed by atoms with Gasteiger partial charge in [0.15, 0.2) is 0 Å². The Morgan fingerprint density at radius 1 is 0.957 bits per heavy atom.